The van der Waals surface area contributed by atoms with Gasteiger partial charge in [-0.1, -0.05) is 13.0 Å². The molecule has 0 saturated heterocycles. The molecule has 0 amide bonds. The molecular weight excluding hydrogens is 256 g/mol. The van der Waals surface area contributed by atoms with Crippen molar-refractivity contribution in [3.63, 3.8) is 0 Å². The summed E-state index contributed by atoms with van der Waals surface area (Å²) in [5.41, 5.74) is 0.967. The molecule has 2 rings (SSSR count). The minimum absolute atomic E-state index is 0.258. The average molecular weight is 276 g/mol. The summed E-state index contributed by atoms with van der Waals surface area (Å²) in [4.78, 5) is 10.2. The van der Waals surface area contributed by atoms with Crippen molar-refractivity contribution in [2.24, 2.45) is 0 Å². The van der Waals surface area contributed by atoms with Crippen LogP contribution in [-0.4, -0.2) is 16.5 Å². The van der Waals surface area contributed by atoms with Crippen LogP contribution in [0, 0.1) is 6.92 Å². The van der Waals surface area contributed by atoms with Gasteiger partial charge in [-0.15, -0.1) is 11.3 Å². The lowest BCUT2D eigenvalue weighted by atomic mass is 10.2. The van der Waals surface area contributed by atoms with Gasteiger partial charge in [0.25, 0.3) is 0 Å². The van der Waals surface area contributed by atoms with E-state index in [0.29, 0.717) is 5.95 Å². The Balaban J connectivity index is 2.09. The average Bonchev–Trinajstić information content (AvgIpc) is 2.89. The molecule has 0 fully saturated rings. The molecule has 0 aliphatic rings. The van der Waals surface area contributed by atoms with E-state index in [1.54, 1.807) is 11.3 Å². The number of nitrogens with one attached hydrogen (secondary N) is 2. The standard InChI is InChI=1S/C14H20N4S/c1-4-7-15-14-16-10(2)9-13(18-14)17-11(3)12-6-5-8-19-12/h5-6,8-9,11H,4,7H2,1-3H3,(H2,15,16,17,18). The van der Waals surface area contributed by atoms with Crippen LogP contribution in [0.1, 0.15) is 36.9 Å². The summed E-state index contributed by atoms with van der Waals surface area (Å²) in [7, 11) is 0. The van der Waals surface area contributed by atoms with E-state index < -0.39 is 0 Å². The van der Waals surface area contributed by atoms with Crippen molar-refractivity contribution in [2.45, 2.75) is 33.2 Å². The number of thiophene rings is 1. The number of nitrogens with zero attached hydrogens (tertiary/aromatic N) is 2. The quantitative estimate of drug-likeness (QED) is 0.841. The molecule has 1 unspecified atom stereocenters. The molecule has 5 heteroatoms. The molecule has 0 saturated carbocycles. The molecule has 0 aliphatic heterocycles. The van der Waals surface area contributed by atoms with E-state index in [1.807, 2.05) is 13.0 Å². The topological polar surface area (TPSA) is 49.8 Å². The summed E-state index contributed by atoms with van der Waals surface area (Å²) in [6, 6.07) is 6.43. The van der Waals surface area contributed by atoms with Gasteiger partial charge >= 0.3 is 0 Å². The highest BCUT2D eigenvalue weighted by Gasteiger charge is 2.08. The van der Waals surface area contributed by atoms with Crippen LogP contribution in [0.4, 0.5) is 11.8 Å². The molecule has 4 nitrogen and oxygen atoms in total. The molecular formula is C14H20N4S. The summed E-state index contributed by atoms with van der Waals surface area (Å²) in [5, 5.41) is 8.74. The Labute approximate surface area is 118 Å². The SMILES string of the molecule is CCCNc1nc(C)cc(NC(C)c2cccs2)n1. The number of hydrogen-bond donors (Lipinski definition) is 2. The molecule has 0 aromatic carbocycles. The maximum atomic E-state index is 4.49. The van der Waals surface area contributed by atoms with Gasteiger partial charge < -0.3 is 10.6 Å². The van der Waals surface area contributed by atoms with Gasteiger partial charge in [-0.25, -0.2) is 4.98 Å². The van der Waals surface area contributed by atoms with Crippen molar-refractivity contribution in [3.05, 3.63) is 34.2 Å². The van der Waals surface area contributed by atoms with E-state index in [0.717, 1.165) is 24.5 Å². The lowest BCUT2D eigenvalue weighted by Crippen LogP contribution is -2.10. The first-order valence-electron chi connectivity index (χ1n) is 6.58. The van der Waals surface area contributed by atoms with Crippen LogP contribution in [0.5, 0.6) is 0 Å². The summed E-state index contributed by atoms with van der Waals surface area (Å²) >= 11 is 1.75. The van der Waals surface area contributed by atoms with Crippen LogP contribution >= 0.6 is 11.3 Å². The Bertz CT molecular complexity index is 510. The van der Waals surface area contributed by atoms with Crippen LogP contribution in [0.15, 0.2) is 23.6 Å². The van der Waals surface area contributed by atoms with Gasteiger partial charge in [0.1, 0.15) is 5.82 Å². The molecule has 2 aromatic rings. The highest BCUT2D eigenvalue weighted by Crippen LogP contribution is 2.22. The van der Waals surface area contributed by atoms with Crippen LogP contribution < -0.4 is 10.6 Å². The third kappa shape index (κ3) is 3.92. The van der Waals surface area contributed by atoms with Crippen LogP contribution in [-0.2, 0) is 0 Å². The molecule has 2 heterocycles. The van der Waals surface area contributed by atoms with Gasteiger partial charge in [0, 0.05) is 23.2 Å². The smallest absolute Gasteiger partial charge is 0.224 e. The first kappa shape index (κ1) is 13.8. The zero-order chi connectivity index (χ0) is 13.7. The fourth-order valence-corrected chi connectivity index (χ4v) is 2.52. The van der Waals surface area contributed by atoms with Crippen LogP contribution in [0.25, 0.3) is 0 Å². The highest BCUT2D eigenvalue weighted by atomic mass is 32.1. The molecule has 0 aliphatic carbocycles. The van der Waals surface area contributed by atoms with Gasteiger partial charge in [-0.05, 0) is 31.7 Å². The lowest BCUT2D eigenvalue weighted by molar-refractivity contribution is 0.886. The first-order valence-corrected chi connectivity index (χ1v) is 7.46. The molecule has 0 spiro atoms. The highest BCUT2D eigenvalue weighted by molar-refractivity contribution is 7.10. The van der Waals surface area contributed by atoms with E-state index in [2.05, 4.69) is 52.0 Å². The Morgan fingerprint density at radius 3 is 2.89 bits per heavy atom. The van der Waals surface area contributed by atoms with Crippen LogP contribution in [0.3, 0.4) is 0 Å². The molecule has 0 radical (unpaired) electrons. The normalized spacial score (nSPS) is 12.2. The second kappa shape index (κ2) is 6.52. The van der Waals surface area contributed by atoms with E-state index in [-0.39, 0.29) is 6.04 Å². The predicted molar refractivity (Wildman–Crippen MR) is 81.9 cm³/mol. The first-order chi connectivity index (χ1) is 9.19. The zero-order valence-corrected chi connectivity index (χ0v) is 12.4. The third-order valence-electron chi connectivity index (χ3n) is 2.72. The Morgan fingerprint density at radius 2 is 2.21 bits per heavy atom. The third-order valence-corrected chi connectivity index (χ3v) is 3.78. The van der Waals surface area contributed by atoms with E-state index in [4.69, 9.17) is 0 Å². The van der Waals surface area contributed by atoms with Gasteiger partial charge in [-0.3, -0.25) is 0 Å². The second-order valence-electron chi connectivity index (χ2n) is 4.53. The zero-order valence-electron chi connectivity index (χ0n) is 11.6. The molecule has 2 aromatic heterocycles. The van der Waals surface area contributed by atoms with Crippen molar-refractivity contribution >= 4 is 23.1 Å². The Hall–Kier alpha value is -1.62. The van der Waals surface area contributed by atoms with Gasteiger partial charge in [-0.2, -0.15) is 4.98 Å². The molecule has 19 heavy (non-hydrogen) atoms. The largest absolute Gasteiger partial charge is 0.363 e. The van der Waals surface area contributed by atoms with E-state index in [9.17, 15) is 0 Å². The summed E-state index contributed by atoms with van der Waals surface area (Å²) in [6.07, 6.45) is 1.06. The van der Waals surface area contributed by atoms with Crippen LogP contribution in [0.2, 0.25) is 0 Å². The minimum atomic E-state index is 0.258. The predicted octanol–water partition coefficient (Wildman–Crippen LogP) is 3.84. The van der Waals surface area contributed by atoms with Crippen molar-refractivity contribution in [2.75, 3.05) is 17.2 Å². The van der Waals surface area contributed by atoms with Gasteiger partial charge in [0.05, 0.1) is 6.04 Å². The minimum Gasteiger partial charge on any atom is -0.363 e. The van der Waals surface area contributed by atoms with Crippen molar-refractivity contribution in [1.29, 1.82) is 0 Å². The fourth-order valence-electron chi connectivity index (χ4n) is 1.79. The van der Waals surface area contributed by atoms with E-state index in [1.165, 1.54) is 4.88 Å². The molecule has 0 bridgehead atoms. The maximum Gasteiger partial charge on any atom is 0.224 e. The number of rotatable bonds is 6. The maximum absolute atomic E-state index is 4.49. The summed E-state index contributed by atoms with van der Waals surface area (Å²) in [5.74, 6) is 1.56. The number of anilines is 2. The lowest BCUT2D eigenvalue weighted by Gasteiger charge is -2.14. The second-order valence-corrected chi connectivity index (χ2v) is 5.51. The summed E-state index contributed by atoms with van der Waals surface area (Å²) < 4.78 is 0. The Morgan fingerprint density at radius 1 is 1.37 bits per heavy atom. The fraction of sp³-hybridized carbons (Fsp3) is 0.429. The van der Waals surface area contributed by atoms with Crippen molar-refractivity contribution in [1.82, 2.24) is 9.97 Å². The molecule has 1 atom stereocenters. The number of hydrogen-bond acceptors (Lipinski definition) is 5. The summed E-state index contributed by atoms with van der Waals surface area (Å²) in [6.45, 7) is 7.15. The van der Waals surface area contributed by atoms with Crippen molar-refractivity contribution in [3.8, 4) is 0 Å². The van der Waals surface area contributed by atoms with E-state index >= 15 is 0 Å². The Kier molecular flexibility index (Phi) is 4.74. The number of aromatic nitrogens is 2. The van der Waals surface area contributed by atoms with Crippen molar-refractivity contribution < 1.29 is 0 Å². The molecule has 102 valence electrons. The monoisotopic (exact) mass is 276 g/mol. The van der Waals surface area contributed by atoms with Gasteiger partial charge in [0.15, 0.2) is 0 Å². The van der Waals surface area contributed by atoms with Gasteiger partial charge in [0.2, 0.25) is 5.95 Å². The number of aryl methyl sites for hydroxylation is 1. The molecule has 2 N–H and O–H groups in total.